The van der Waals surface area contributed by atoms with Gasteiger partial charge < -0.3 is 19.7 Å². The second-order valence-electron chi connectivity index (χ2n) is 7.86. The highest BCUT2D eigenvalue weighted by Crippen LogP contribution is 2.21. The number of hydrogen-bond acceptors (Lipinski definition) is 3. The minimum Gasteiger partial charge on any atom is -0.496 e. The monoisotopic (exact) mass is 432 g/mol. The fourth-order valence-electron chi connectivity index (χ4n) is 3.79. The number of carbonyl (C=O) groups is 1. The van der Waals surface area contributed by atoms with Gasteiger partial charge in [0.05, 0.1) is 14.2 Å². The van der Waals surface area contributed by atoms with Crippen molar-refractivity contribution in [1.82, 2.24) is 4.90 Å². The number of anilines is 1. The molecule has 32 heavy (non-hydrogen) atoms. The molecule has 3 aromatic carbocycles. The standard InChI is InChI=1S/C27H32N2O3/c1-20-13-14-24(21(2)19-20)28-27(30)29(17-15-22-9-5-7-11-25(22)31-3)18-16-23-10-6-8-12-26(23)32-4/h5-14,19H,15-18H2,1-4H3,(H,28,30). The Labute approximate surface area is 191 Å². The van der Waals surface area contributed by atoms with E-state index in [0.717, 1.165) is 33.9 Å². The van der Waals surface area contributed by atoms with Crippen LogP contribution in [0.25, 0.3) is 0 Å². The third kappa shape index (κ3) is 6.03. The van der Waals surface area contributed by atoms with Gasteiger partial charge >= 0.3 is 6.03 Å². The van der Waals surface area contributed by atoms with E-state index in [1.54, 1.807) is 14.2 Å². The predicted molar refractivity (Wildman–Crippen MR) is 130 cm³/mol. The first kappa shape index (κ1) is 23.2. The molecule has 0 heterocycles. The van der Waals surface area contributed by atoms with Gasteiger partial charge in [0.1, 0.15) is 11.5 Å². The number of nitrogens with zero attached hydrogens (tertiary/aromatic N) is 1. The van der Waals surface area contributed by atoms with Crippen molar-refractivity contribution in [3.8, 4) is 11.5 Å². The van der Waals surface area contributed by atoms with Gasteiger partial charge in [-0.15, -0.1) is 0 Å². The summed E-state index contributed by atoms with van der Waals surface area (Å²) in [7, 11) is 3.34. The molecule has 168 valence electrons. The van der Waals surface area contributed by atoms with Gasteiger partial charge in [-0.05, 0) is 61.6 Å². The van der Waals surface area contributed by atoms with Crippen molar-refractivity contribution in [2.45, 2.75) is 26.7 Å². The number of amides is 2. The maximum Gasteiger partial charge on any atom is 0.321 e. The minimum absolute atomic E-state index is 0.109. The summed E-state index contributed by atoms with van der Waals surface area (Å²) in [6.07, 6.45) is 1.41. The summed E-state index contributed by atoms with van der Waals surface area (Å²) in [5.74, 6) is 1.68. The molecule has 0 aliphatic rings. The summed E-state index contributed by atoms with van der Waals surface area (Å²) in [5, 5.41) is 3.09. The highest BCUT2D eigenvalue weighted by molar-refractivity contribution is 5.90. The third-order valence-corrected chi connectivity index (χ3v) is 5.60. The van der Waals surface area contributed by atoms with Crippen molar-refractivity contribution in [3.63, 3.8) is 0 Å². The zero-order chi connectivity index (χ0) is 22.9. The van der Waals surface area contributed by atoms with Crippen LogP contribution in [0.2, 0.25) is 0 Å². The fourth-order valence-corrected chi connectivity index (χ4v) is 3.79. The lowest BCUT2D eigenvalue weighted by atomic mass is 10.1. The topological polar surface area (TPSA) is 50.8 Å². The molecule has 2 amide bonds. The Balaban J connectivity index is 1.76. The number of aryl methyl sites for hydroxylation is 2. The highest BCUT2D eigenvalue weighted by Gasteiger charge is 2.16. The molecule has 0 atom stereocenters. The van der Waals surface area contributed by atoms with Gasteiger partial charge in [-0.2, -0.15) is 0 Å². The Morgan fingerprint density at radius 3 is 1.84 bits per heavy atom. The highest BCUT2D eigenvalue weighted by atomic mass is 16.5. The fraction of sp³-hybridized carbons (Fsp3) is 0.296. The first-order valence-electron chi connectivity index (χ1n) is 10.9. The van der Waals surface area contributed by atoms with Crippen LogP contribution < -0.4 is 14.8 Å². The van der Waals surface area contributed by atoms with Crippen LogP contribution in [0.3, 0.4) is 0 Å². The second-order valence-corrected chi connectivity index (χ2v) is 7.86. The first-order valence-corrected chi connectivity index (χ1v) is 10.9. The van der Waals surface area contributed by atoms with Crippen molar-refractivity contribution in [1.29, 1.82) is 0 Å². The van der Waals surface area contributed by atoms with Gasteiger partial charge in [-0.25, -0.2) is 4.79 Å². The van der Waals surface area contributed by atoms with E-state index in [1.165, 1.54) is 5.56 Å². The maximum absolute atomic E-state index is 13.3. The summed E-state index contributed by atoms with van der Waals surface area (Å²) in [4.78, 5) is 15.1. The Hall–Kier alpha value is -3.47. The van der Waals surface area contributed by atoms with E-state index in [9.17, 15) is 4.79 Å². The number of rotatable bonds is 9. The summed E-state index contributed by atoms with van der Waals surface area (Å²) >= 11 is 0. The number of carbonyl (C=O) groups excluding carboxylic acids is 1. The van der Waals surface area contributed by atoms with E-state index in [0.29, 0.717) is 25.9 Å². The van der Waals surface area contributed by atoms with Gasteiger partial charge in [-0.3, -0.25) is 0 Å². The molecule has 0 radical (unpaired) electrons. The van der Waals surface area contributed by atoms with Crippen molar-refractivity contribution in [2.75, 3.05) is 32.6 Å². The number of urea groups is 1. The molecule has 1 N–H and O–H groups in total. The Morgan fingerprint density at radius 2 is 1.34 bits per heavy atom. The van der Waals surface area contributed by atoms with Gasteiger partial charge in [0, 0.05) is 18.8 Å². The molecule has 0 saturated heterocycles. The van der Waals surface area contributed by atoms with Gasteiger partial charge in [0.25, 0.3) is 0 Å². The van der Waals surface area contributed by atoms with Gasteiger partial charge in [0.15, 0.2) is 0 Å². The third-order valence-electron chi connectivity index (χ3n) is 5.60. The molecule has 3 aromatic rings. The van der Waals surface area contributed by atoms with Gasteiger partial charge in [0.2, 0.25) is 0 Å². The molecule has 5 heteroatoms. The van der Waals surface area contributed by atoms with Crippen LogP contribution in [0.1, 0.15) is 22.3 Å². The Morgan fingerprint density at radius 1 is 0.812 bits per heavy atom. The number of hydrogen-bond donors (Lipinski definition) is 1. The summed E-state index contributed by atoms with van der Waals surface area (Å²) in [5.41, 5.74) is 5.21. The van der Waals surface area contributed by atoms with Crippen molar-refractivity contribution in [2.24, 2.45) is 0 Å². The van der Waals surface area contributed by atoms with E-state index in [1.807, 2.05) is 79.4 Å². The van der Waals surface area contributed by atoms with Crippen molar-refractivity contribution in [3.05, 3.63) is 89.0 Å². The average Bonchev–Trinajstić information content (AvgIpc) is 2.81. The number of ether oxygens (including phenoxy) is 2. The SMILES string of the molecule is COc1ccccc1CCN(CCc1ccccc1OC)C(=O)Nc1ccc(C)cc1C. The number of nitrogens with one attached hydrogen (secondary N) is 1. The van der Waals surface area contributed by atoms with Crippen molar-refractivity contribution < 1.29 is 14.3 Å². The molecule has 5 nitrogen and oxygen atoms in total. The molecule has 0 fully saturated rings. The Kier molecular flexibility index (Phi) is 8.14. The van der Waals surface area contributed by atoms with Crippen LogP contribution in [0.5, 0.6) is 11.5 Å². The smallest absolute Gasteiger partial charge is 0.321 e. The predicted octanol–water partition coefficient (Wildman–Crippen LogP) is 5.64. The molecule has 0 spiro atoms. The first-order chi connectivity index (χ1) is 15.5. The number of para-hydroxylation sites is 2. The molecule has 0 saturated carbocycles. The van der Waals surface area contributed by atoms with E-state index in [4.69, 9.17) is 9.47 Å². The number of methoxy groups -OCH3 is 2. The quantitative estimate of drug-likeness (QED) is 0.476. The molecule has 0 aliphatic carbocycles. The van der Waals surface area contributed by atoms with Crippen molar-refractivity contribution >= 4 is 11.7 Å². The largest absolute Gasteiger partial charge is 0.496 e. The molecule has 0 aromatic heterocycles. The maximum atomic E-state index is 13.3. The lowest BCUT2D eigenvalue weighted by molar-refractivity contribution is 0.212. The zero-order valence-corrected chi connectivity index (χ0v) is 19.4. The van der Waals surface area contributed by atoms with Crippen LogP contribution in [0, 0.1) is 13.8 Å². The van der Waals surface area contributed by atoms with Crippen LogP contribution >= 0.6 is 0 Å². The minimum atomic E-state index is -0.109. The van der Waals surface area contributed by atoms with Crippen LogP contribution in [0.15, 0.2) is 66.7 Å². The zero-order valence-electron chi connectivity index (χ0n) is 19.4. The molecule has 0 aliphatic heterocycles. The van der Waals surface area contributed by atoms with Crippen LogP contribution in [0.4, 0.5) is 10.5 Å². The summed E-state index contributed by atoms with van der Waals surface area (Å²) in [6.45, 7) is 5.21. The van der Waals surface area contributed by atoms with E-state index in [-0.39, 0.29) is 6.03 Å². The van der Waals surface area contributed by atoms with Crippen LogP contribution in [-0.2, 0) is 12.8 Å². The normalized spacial score (nSPS) is 10.5. The second kappa shape index (κ2) is 11.2. The Bertz CT molecular complexity index is 997. The molecular formula is C27H32N2O3. The van der Waals surface area contributed by atoms with E-state index < -0.39 is 0 Å². The lowest BCUT2D eigenvalue weighted by Crippen LogP contribution is -2.38. The lowest BCUT2D eigenvalue weighted by Gasteiger charge is -2.24. The van der Waals surface area contributed by atoms with E-state index >= 15 is 0 Å². The molecule has 3 rings (SSSR count). The van der Waals surface area contributed by atoms with Crippen LogP contribution in [-0.4, -0.2) is 38.2 Å². The van der Waals surface area contributed by atoms with Gasteiger partial charge in [-0.1, -0.05) is 54.1 Å². The number of benzene rings is 3. The molecular weight excluding hydrogens is 400 g/mol. The summed E-state index contributed by atoms with van der Waals surface area (Å²) < 4.78 is 11.0. The summed E-state index contributed by atoms with van der Waals surface area (Å²) in [6, 6.07) is 21.8. The molecule has 0 bridgehead atoms. The average molecular weight is 433 g/mol. The van der Waals surface area contributed by atoms with E-state index in [2.05, 4.69) is 11.4 Å². The molecule has 0 unspecified atom stereocenters.